The number of fused-ring (bicyclic) bond motifs is 1. The van der Waals surface area contributed by atoms with E-state index < -0.39 is 0 Å². The van der Waals surface area contributed by atoms with Gasteiger partial charge >= 0.3 is 0 Å². The molecule has 0 aliphatic carbocycles. The van der Waals surface area contributed by atoms with E-state index in [9.17, 15) is 4.79 Å². The highest BCUT2D eigenvalue weighted by molar-refractivity contribution is 7.17. The third-order valence-electron chi connectivity index (χ3n) is 3.29. The molecule has 0 fully saturated rings. The summed E-state index contributed by atoms with van der Waals surface area (Å²) in [4.78, 5) is 12.3. The largest absolute Gasteiger partial charge is 0.340 e. The van der Waals surface area contributed by atoms with Crippen molar-refractivity contribution in [1.82, 2.24) is 9.88 Å². The zero-order valence-electron chi connectivity index (χ0n) is 11.4. The molecular formula is C17H14N2OS. The summed E-state index contributed by atoms with van der Waals surface area (Å²) in [5, 5.41) is 4.77. The van der Waals surface area contributed by atoms with Crippen LogP contribution in [-0.4, -0.2) is 17.0 Å². The van der Waals surface area contributed by atoms with Crippen LogP contribution in [0.25, 0.3) is 10.2 Å². The number of terminal acetylenes is 1. The Morgan fingerprint density at radius 1 is 1.29 bits per heavy atom. The molecule has 0 unspecified atom stereocenters. The molecule has 1 amide bonds. The SMILES string of the molecule is C#CCNC(=O)c1cc2sccc2n1Cc1ccccc1. The first-order valence-corrected chi connectivity index (χ1v) is 7.50. The second-order valence-corrected chi connectivity index (χ2v) is 5.61. The first kappa shape index (κ1) is 13.5. The zero-order chi connectivity index (χ0) is 14.7. The van der Waals surface area contributed by atoms with Gasteiger partial charge in [-0.2, -0.15) is 0 Å². The molecule has 2 aromatic heterocycles. The lowest BCUT2D eigenvalue weighted by molar-refractivity contribution is 0.0950. The van der Waals surface area contributed by atoms with Crippen molar-refractivity contribution >= 4 is 27.5 Å². The molecule has 3 aromatic rings. The standard InChI is InChI=1S/C17H14N2OS/c1-2-9-18-17(20)15-11-16-14(8-10-21-16)19(15)12-13-6-4-3-5-7-13/h1,3-8,10-11H,9,12H2,(H,18,20). The highest BCUT2D eigenvalue weighted by Gasteiger charge is 2.16. The van der Waals surface area contributed by atoms with Crippen LogP contribution in [0.1, 0.15) is 16.1 Å². The highest BCUT2D eigenvalue weighted by atomic mass is 32.1. The second-order valence-electron chi connectivity index (χ2n) is 4.66. The molecule has 0 saturated carbocycles. The number of hydrogen-bond acceptors (Lipinski definition) is 2. The summed E-state index contributed by atoms with van der Waals surface area (Å²) in [6.07, 6.45) is 5.20. The quantitative estimate of drug-likeness (QED) is 0.737. The van der Waals surface area contributed by atoms with E-state index in [1.165, 1.54) is 0 Å². The van der Waals surface area contributed by atoms with Gasteiger partial charge in [0.05, 0.1) is 16.8 Å². The van der Waals surface area contributed by atoms with Crippen LogP contribution in [0.15, 0.2) is 47.8 Å². The Morgan fingerprint density at radius 3 is 2.86 bits per heavy atom. The van der Waals surface area contributed by atoms with Crippen LogP contribution in [0.3, 0.4) is 0 Å². The molecule has 1 aromatic carbocycles. The number of benzene rings is 1. The topological polar surface area (TPSA) is 34.0 Å². The Hall–Kier alpha value is -2.51. The number of hydrogen-bond donors (Lipinski definition) is 1. The first-order chi connectivity index (χ1) is 10.3. The summed E-state index contributed by atoms with van der Waals surface area (Å²) in [6, 6.07) is 14.1. The van der Waals surface area contributed by atoms with Gasteiger partial charge in [0.15, 0.2) is 0 Å². The lowest BCUT2D eigenvalue weighted by Gasteiger charge is -2.10. The average Bonchev–Trinajstić information content (AvgIpc) is 3.08. The predicted octanol–water partition coefficient (Wildman–Crippen LogP) is 3.11. The van der Waals surface area contributed by atoms with Crippen molar-refractivity contribution in [2.24, 2.45) is 0 Å². The van der Waals surface area contributed by atoms with Crippen molar-refractivity contribution in [1.29, 1.82) is 0 Å². The van der Waals surface area contributed by atoms with Crippen molar-refractivity contribution in [2.45, 2.75) is 6.54 Å². The highest BCUT2D eigenvalue weighted by Crippen LogP contribution is 2.26. The summed E-state index contributed by atoms with van der Waals surface area (Å²) in [5.74, 6) is 2.29. The van der Waals surface area contributed by atoms with Gasteiger partial charge in [-0.15, -0.1) is 17.8 Å². The number of rotatable bonds is 4. The van der Waals surface area contributed by atoms with E-state index in [1.807, 2.05) is 40.3 Å². The number of aromatic nitrogens is 1. The van der Waals surface area contributed by atoms with Gasteiger partial charge in [-0.3, -0.25) is 4.79 Å². The predicted molar refractivity (Wildman–Crippen MR) is 86.5 cm³/mol. The Labute approximate surface area is 127 Å². The molecule has 21 heavy (non-hydrogen) atoms. The zero-order valence-corrected chi connectivity index (χ0v) is 12.2. The molecule has 0 saturated heterocycles. The van der Waals surface area contributed by atoms with Crippen molar-refractivity contribution in [3.8, 4) is 12.3 Å². The van der Waals surface area contributed by atoms with Gasteiger partial charge < -0.3 is 9.88 Å². The summed E-state index contributed by atoms with van der Waals surface area (Å²) < 4.78 is 3.14. The number of thiophene rings is 1. The molecule has 0 radical (unpaired) electrons. The molecule has 2 heterocycles. The minimum absolute atomic E-state index is 0.132. The second kappa shape index (κ2) is 5.86. The molecule has 4 heteroatoms. The molecule has 0 bridgehead atoms. The van der Waals surface area contributed by atoms with Gasteiger partial charge in [-0.1, -0.05) is 36.3 Å². The van der Waals surface area contributed by atoms with Crippen LogP contribution in [-0.2, 0) is 6.54 Å². The molecular weight excluding hydrogens is 280 g/mol. The maximum absolute atomic E-state index is 12.3. The Balaban J connectivity index is 2.00. The normalized spacial score (nSPS) is 10.4. The monoisotopic (exact) mass is 294 g/mol. The lowest BCUT2D eigenvalue weighted by Crippen LogP contribution is -2.26. The fourth-order valence-corrected chi connectivity index (χ4v) is 3.15. The number of amides is 1. The molecule has 3 rings (SSSR count). The Kier molecular flexibility index (Phi) is 3.76. The fourth-order valence-electron chi connectivity index (χ4n) is 2.32. The number of carbonyl (C=O) groups is 1. The van der Waals surface area contributed by atoms with Crippen LogP contribution in [0.5, 0.6) is 0 Å². The van der Waals surface area contributed by atoms with Crippen molar-refractivity contribution in [3.63, 3.8) is 0 Å². The number of nitrogens with zero attached hydrogens (tertiary/aromatic N) is 1. The smallest absolute Gasteiger partial charge is 0.268 e. The summed E-state index contributed by atoms with van der Waals surface area (Å²) in [5.41, 5.74) is 2.89. The molecule has 104 valence electrons. The maximum atomic E-state index is 12.3. The van der Waals surface area contributed by atoms with Gasteiger partial charge in [-0.05, 0) is 23.1 Å². The van der Waals surface area contributed by atoms with Gasteiger partial charge in [0, 0.05) is 6.54 Å². The van der Waals surface area contributed by atoms with Crippen LogP contribution in [0.2, 0.25) is 0 Å². The average molecular weight is 294 g/mol. The van der Waals surface area contributed by atoms with Crippen molar-refractivity contribution in [2.75, 3.05) is 6.54 Å². The first-order valence-electron chi connectivity index (χ1n) is 6.62. The van der Waals surface area contributed by atoms with E-state index >= 15 is 0 Å². The number of nitrogens with one attached hydrogen (secondary N) is 1. The van der Waals surface area contributed by atoms with Gasteiger partial charge in [0.25, 0.3) is 5.91 Å². The summed E-state index contributed by atoms with van der Waals surface area (Å²) in [6.45, 7) is 0.906. The van der Waals surface area contributed by atoms with Crippen LogP contribution in [0.4, 0.5) is 0 Å². The Bertz CT molecular complexity index is 808. The molecule has 0 aliphatic heterocycles. The molecule has 1 N–H and O–H groups in total. The van der Waals surface area contributed by atoms with Gasteiger partial charge in [-0.25, -0.2) is 0 Å². The lowest BCUT2D eigenvalue weighted by atomic mass is 10.2. The third-order valence-corrected chi connectivity index (χ3v) is 4.14. The molecule has 0 atom stereocenters. The van der Waals surface area contributed by atoms with Crippen molar-refractivity contribution < 1.29 is 4.79 Å². The van der Waals surface area contributed by atoms with E-state index in [1.54, 1.807) is 11.3 Å². The maximum Gasteiger partial charge on any atom is 0.268 e. The van der Waals surface area contributed by atoms with Crippen LogP contribution in [0, 0.1) is 12.3 Å². The van der Waals surface area contributed by atoms with E-state index in [2.05, 4.69) is 23.4 Å². The molecule has 0 spiro atoms. The minimum Gasteiger partial charge on any atom is -0.340 e. The van der Waals surface area contributed by atoms with Gasteiger partial charge in [0.2, 0.25) is 0 Å². The minimum atomic E-state index is -0.132. The van der Waals surface area contributed by atoms with Gasteiger partial charge in [0.1, 0.15) is 5.69 Å². The summed E-state index contributed by atoms with van der Waals surface area (Å²) >= 11 is 1.63. The number of carbonyl (C=O) groups excluding carboxylic acids is 1. The van der Waals surface area contributed by atoms with E-state index in [0.717, 1.165) is 15.8 Å². The third kappa shape index (κ3) is 2.69. The van der Waals surface area contributed by atoms with Crippen molar-refractivity contribution in [3.05, 3.63) is 59.1 Å². The van der Waals surface area contributed by atoms with E-state index in [0.29, 0.717) is 12.2 Å². The molecule has 3 nitrogen and oxygen atoms in total. The fraction of sp³-hybridized carbons (Fsp3) is 0.118. The van der Waals surface area contributed by atoms with E-state index in [4.69, 9.17) is 6.42 Å². The Morgan fingerprint density at radius 2 is 2.10 bits per heavy atom. The van der Waals surface area contributed by atoms with E-state index in [-0.39, 0.29) is 12.5 Å². The summed E-state index contributed by atoms with van der Waals surface area (Å²) in [7, 11) is 0. The molecule has 0 aliphatic rings. The van der Waals surface area contributed by atoms with Crippen LogP contribution >= 0.6 is 11.3 Å². The van der Waals surface area contributed by atoms with Crippen LogP contribution < -0.4 is 5.32 Å².